The molecule has 0 fully saturated rings. The Bertz CT molecular complexity index is 1100. The summed E-state index contributed by atoms with van der Waals surface area (Å²) in [5.74, 6) is 16.3. The fourth-order valence-electron chi connectivity index (χ4n) is 5.24. The molecule has 0 aliphatic heterocycles. The zero-order valence-electron chi connectivity index (χ0n) is 30.7. The smallest absolute Gasteiger partial charge is 0.176 e. The van der Waals surface area contributed by atoms with Gasteiger partial charge in [-0.25, -0.2) is 0 Å². The average molecular weight is 669 g/mol. The van der Waals surface area contributed by atoms with Gasteiger partial charge < -0.3 is 15.3 Å². The highest BCUT2D eigenvalue weighted by atomic mass is 16.3. The van der Waals surface area contributed by atoms with E-state index in [1.54, 1.807) is 18.2 Å². The summed E-state index contributed by atoms with van der Waals surface area (Å²) in [7, 11) is 0. The monoisotopic (exact) mass is 669 g/mol. The van der Waals surface area contributed by atoms with E-state index in [0.29, 0.717) is 0 Å². The Kier molecular flexibility index (Phi) is 36.7. The molecule has 0 aromatic heterocycles. The lowest BCUT2D eigenvalue weighted by molar-refractivity contribution is 0.208. The number of allylic oxidation sites excluding steroid dienone is 8. The second-order valence-electron chi connectivity index (χ2n) is 12.8. The predicted molar refractivity (Wildman–Crippen MR) is 212 cm³/mol. The minimum Gasteiger partial charge on any atom is -0.389 e. The maximum absolute atomic E-state index is 9.93. The van der Waals surface area contributed by atoms with Crippen LogP contribution in [0.5, 0.6) is 0 Å². The van der Waals surface area contributed by atoms with Gasteiger partial charge in [-0.3, -0.25) is 0 Å². The molecule has 0 saturated carbocycles. The van der Waals surface area contributed by atoms with Crippen LogP contribution in [-0.2, 0) is 0 Å². The van der Waals surface area contributed by atoms with E-state index in [-0.39, 0.29) is 6.10 Å². The molecule has 3 N–H and O–H groups in total. The molecule has 49 heavy (non-hydrogen) atoms. The van der Waals surface area contributed by atoms with Crippen molar-refractivity contribution in [2.45, 2.75) is 179 Å². The average Bonchev–Trinajstić information content (AvgIpc) is 3.10. The summed E-state index contributed by atoms with van der Waals surface area (Å²) < 4.78 is 0. The van der Waals surface area contributed by atoms with E-state index >= 15 is 0 Å². The zero-order valence-corrected chi connectivity index (χ0v) is 30.7. The Hall–Kier alpha value is -3.18. The van der Waals surface area contributed by atoms with Crippen LogP contribution in [0.3, 0.4) is 0 Å². The summed E-state index contributed by atoms with van der Waals surface area (Å²) in [5, 5.41) is 28.9. The third-order valence-corrected chi connectivity index (χ3v) is 8.18. The normalized spacial score (nSPS) is 13.4. The summed E-state index contributed by atoms with van der Waals surface area (Å²) in [6.07, 6.45) is 57.3. The van der Waals surface area contributed by atoms with Crippen molar-refractivity contribution in [3.63, 3.8) is 0 Å². The minimum atomic E-state index is -0.875. The molecule has 3 nitrogen and oxygen atoms in total. The molecule has 270 valence electrons. The molecule has 0 rings (SSSR count). The molecule has 0 aromatic carbocycles. The van der Waals surface area contributed by atoms with Gasteiger partial charge in [0, 0.05) is 6.42 Å². The molecule has 0 saturated heterocycles. The van der Waals surface area contributed by atoms with Crippen LogP contribution in [0.1, 0.15) is 161 Å². The van der Waals surface area contributed by atoms with Crippen LogP contribution >= 0.6 is 0 Å². The van der Waals surface area contributed by atoms with Gasteiger partial charge in [0.05, 0.1) is 6.10 Å². The molecule has 0 bridgehead atoms. The lowest BCUT2D eigenvalue weighted by atomic mass is 10.0. The second-order valence-corrected chi connectivity index (χ2v) is 12.8. The maximum atomic E-state index is 9.93. The van der Waals surface area contributed by atoms with Crippen LogP contribution < -0.4 is 0 Å². The first-order chi connectivity index (χ1) is 24.1. The maximum Gasteiger partial charge on any atom is 0.176 e. The lowest BCUT2D eigenvalue weighted by Gasteiger charge is -2.05. The van der Waals surface area contributed by atoms with Crippen molar-refractivity contribution < 1.29 is 15.3 Å². The van der Waals surface area contributed by atoms with Crippen LogP contribution in [0, 0.1) is 48.4 Å². The van der Waals surface area contributed by atoms with Crippen LogP contribution in [0.4, 0.5) is 0 Å². The van der Waals surface area contributed by atoms with Crippen LogP contribution in [0.25, 0.3) is 0 Å². The summed E-state index contributed by atoms with van der Waals surface area (Å²) in [4.78, 5) is 0. The Morgan fingerprint density at radius 2 is 0.959 bits per heavy atom. The van der Waals surface area contributed by atoms with Gasteiger partial charge in [-0.15, -0.1) is 12.8 Å². The highest BCUT2D eigenvalue weighted by molar-refractivity contribution is 5.24. The molecule has 3 heteroatoms. The highest BCUT2D eigenvalue weighted by Crippen LogP contribution is 2.14. The van der Waals surface area contributed by atoms with Gasteiger partial charge in [-0.1, -0.05) is 149 Å². The van der Waals surface area contributed by atoms with E-state index in [9.17, 15) is 15.3 Å². The van der Waals surface area contributed by atoms with E-state index in [1.165, 1.54) is 89.9 Å². The Morgan fingerprint density at radius 1 is 0.469 bits per heavy atom. The number of aliphatic hydroxyl groups is 3. The molecule has 0 heterocycles. The van der Waals surface area contributed by atoms with E-state index in [4.69, 9.17) is 12.8 Å². The van der Waals surface area contributed by atoms with E-state index in [1.807, 2.05) is 12.2 Å². The fraction of sp³-hybridized carbons (Fsp3) is 0.609. The quantitative estimate of drug-likeness (QED) is 0.0406. The van der Waals surface area contributed by atoms with Crippen molar-refractivity contribution in [2.24, 2.45) is 0 Å². The molecule has 0 aliphatic rings. The first kappa shape index (κ1) is 45.8. The summed E-state index contributed by atoms with van der Waals surface area (Å²) in [5.41, 5.74) is 0. The SMILES string of the molecule is C#C/C=C\[C@@H](O)CCCCCCCCCCCCC/C=C\CC/C=C/C#C[C@@H](O)C#CCCCC/C=C\CCCCCC/C=C/[C@H](O)C#C. The van der Waals surface area contributed by atoms with Crippen LogP contribution in [-0.4, -0.2) is 33.6 Å². The molecule has 0 spiro atoms. The summed E-state index contributed by atoms with van der Waals surface area (Å²) in [6, 6.07) is 0. The van der Waals surface area contributed by atoms with Gasteiger partial charge in [0.25, 0.3) is 0 Å². The topological polar surface area (TPSA) is 60.7 Å². The van der Waals surface area contributed by atoms with Gasteiger partial charge in [0.2, 0.25) is 0 Å². The zero-order chi connectivity index (χ0) is 35.7. The molecule has 0 radical (unpaired) electrons. The minimum absolute atomic E-state index is 0.386. The third-order valence-electron chi connectivity index (χ3n) is 8.18. The number of unbranched alkanes of at least 4 members (excludes halogenated alkanes) is 20. The van der Waals surface area contributed by atoms with Crippen molar-refractivity contribution in [1.82, 2.24) is 0 Å². The third kappa shape index (κ3) is 39.1. The predicted octanol–water partition coefficient (Wildman–Crippen LogP) is 10.9. The Morgan fingerprint density at radius 3 is 1.53 bits per heavy atom. The molecule has 0 aliphatic carbocycles. The van der Waals surface area contributed by atoms with E-state index in [0.717, 1.165) is 70.6 Å². The van der Waals surface area contributed by atoms with Gasteiger partial charge in [-0.2, -0.15) is 0 Å². The van der Waals surface area contributed by atoms with Gasteiger partial charge in [0.1, 0.15) is 6.10 Å². The number of hydrogen-bond donors (Lipinski definition) is 3. The van der Waals surface area contributed by atoms with Crippen LogP contribution in [0.2, 0.25) is 0 Å². The van der Waals surface area contributed by atoms with Crippen LogP contribution in [0.15, 0.2) is 60.8 Å². The fourth-order valence-corrected chi connectivity index (χ4v) is 5.24. The molecule has 0 unspecified atom stereocenters. The highest BCUT2D eigenvalue weighted by Gasteiger charge is 1.99. The summed E-state index contributed by atoms with van der Waals surface area (Å²) in [6.45, 7) is 0. The van der Waals surface area contributed by atoms with E-state index in [2.05, 4.69) is 65.9 Å². The van der Waals surface area contributed by atoms with Crippen molar-refractivity contribution in [1.29, 1.82) is 0 Å². The van der Waals surface area contributed by atoms with Gasteiger partial charge in [0.15, 0.2) is 6.10 Å². The second kappa shape index (κ2) is 39.3. The first-order valence-corrected chi connectivity index (χ1v) is 19.3. The Balaban J connectivity index is 3.53. The largest absolute Gasteiger partial charge is 0.389 e. The molecular formula is C46H68O3. The first-order valence-electron chi connectivity index (χ1n) is 19.3. The van der Waals surface area contributed by atoms with Crippen molar-refractivity contribution >= 4 is 0 Å². The van der Waals surface area contributed by atoms with E-state index < -0.39 is 12.2 Å². The lowest BCUT2D eigenvalue weighted by Crippen LogP contribution is -2.01. The number of rotatable bonds is 30. The number of terminal acetylenes is 2. The molecule has 0 aromatic rings. The van der Waals surface area contributed by atoms with Crippen molar-refractivity contribution in [3.8, 4) is 48.4 Å². The summed E-state index contributed by atoms with van der Waals surface area (Å²) >= 11 is 0. The molecule has 3 atom stereocenters. The van der Waals surface area contributed by atoms with Crippen molar-refractivity contribution in [2.75, 3.05) is 0 Å². The van der Waals surface area contributed by atoms with Gasteiger partial charge >= 0.3 is 0 Å². The Labute approximate surface area is 302 Å². The van der Waals surface area contributed by atoms with Crippen molar-refractivity contribution in [3.05, 3.63) is 60.8 Å². The standard InChI is InChI=1S/C46H68O3/c1-3-5-39-45(48)41-36-32-28-24-20-16-11-9-7-6-8-10-12-17-21-25-29-33-37-42-46(49)43-38-34-30-26-22-18-14-13-15-19-23-27-31-35-40-44(47)4-2/h1-2,5,12,14,17-18,29,33,35,39-40,44-49H,6-11,13,15-16,19-28,30-32,34,36,41H2/b17-12-,18-14-,33-29+,39-5-,40-35+/t44-,45-,46-/m1/s1. The molecular weight excluding hydrogens is 601 g/mol. The number of aliphatic hydroxyl groups excluding tert-OH is 3. The number of hydrogen-bond acceptors (Lipinski definition) is 3. The van der Waals surface area contributed by atoms with Gasteiger partial charge in [-0.05, 0) is 101 Å². The molecule has 0 amide bonds.